The van der Waals surface area contributed by atoms with Crippen LogP contribution in [0, 0.1) is 0 Å². The zero-order valence-electron chi connectivity index (χ0n) is 16.3. The maximum Gasteiger partial charge on any atom is 0.134 e. The quantitative estimate of drug-likeness (QED) is 0.424. The fourth-order valence-corrected chi connectivity index (χ4v) is 5.73. The van der Waals surface area contributed by atoms with E-state index in [0.29, 0.717) is 6.54 Å². The highest BCUT2D eigenvalue weighted by molar-refractivity contribution is 5.92. The molecular formula is C27H19N3. The van der Waals surface area contributed by atoms with E-state index >= 15 is 0 Å². The molecule has 3 nitrogen and oxygen atoms in total. The van der Waals surface area contributed by atoms with Crippen molar-refractivity contribution in [2.24, 2.45) is 5.73 Å². The Morgan fingerprint density at radius 2 is 1.47 bits per heavy atom. The molecule has 0 fully saturated rings. The molecule has 0 saturated heterocycles. The zero-order chi connectivity index (χ0) is 19.9. The van der Waals surface area contributed by atoms with Gasteiger partial charge in [-0.25, -0.2) is 4.98 Å². The molecule has 142 valence electrons. The van der Waals surface area contributed by atoms with Crippen LogP contribution in [-0.4, -0.2) is 9.55 Å². The van der Waals surface area contributed by atoms with Crippen LogP contribution in [0.2, 0.25) is 0 Å². The third-order valence-electron chi connectivity index (χ3n) is 6.82. The molecule has 1 aromatic heterocycles. The van der Waals surface area contributed by atoms with Crippen molar-refractivity contribution in [2.75, 3.05) is 0 Å². The summed E-state index contributed by atoms with van der Waals surface area (Å²) >= 11 is 0. The molecule has 1 spiro atoms. The van der Waals surface area contributed by atoms with E-state index in [1.165, 1.54) is 39.1 Å². The predicted molar refractivity (Wildman–Crippen MR) is 120 cm³/mol. The van der Waals surface area contributed by atoms with Crippen molar-refractivity contribution in [2.45, 2.75) is 12.0 Å². The number of para-hydroxylation sites is 3. The molecule has 30 heavy (non-hydrogen) atoms. The predicted octanol–water partition coefficient (Wildman–Crippen LogP) is 5.16. The van der Waals surface area contributed by atoms with Crippen molar-refractivity contribution < 1.29 is 0 Å². The van der Waals surface area contributed by atoms with E-state index in [9.17, 15) is 0 Å². The number of nitrogens with two attached hydrogens (primary N) is 1. The second-order valence-corrected chi connectivity index (χ2v) is 8.12. The van der Waals surface area contributed by atoms with E-state index in [-0.39, 0.29) is 0 Å². The molecule has 7 rings (SSSR count). The van der Waals surface area contributed by atoms with E-state index in [0.717, 1.165) is 16.9 Å². The lowest BCUT2D eigenvalue weighted by Crippen LogP contribution is -2.27. The molecule has 2 N–H and O–H groups in total. The average Bonchev–Trinajstić information content (AvgIpc) is 3.42. The second kappa shape index (κ2) is 5.47. The molecule has 1 unspecified atom stereocenters. The number of hydrogen-bond acceptors (Lipinski definition) is 2. The summed E-state index contributed by atoms with van der Waals surface area (Å²) in [5.41, 5.74) is 16.8. The Bertz CT molecular complexity index is 1490. The maximum absolute atomic E-state index is 6.20. The summed E-state index contributed by atoms with van der Waals surface area (Å²) < 4.78 is 2.35. The first-order valence-corrected chi connectivity index (χ1v) is 10.4. The van der Waals surface area contributed by atoms with Crippen molar-refractivity contribution in [3.8, 4) is 16.8 Å². The lowest BCUT2D eigenvalue weighted by molar-refractivity contribution is 0.737. The monoisotopic (exact) mass is 385 g/mol. The molecule has 4 aromatic carbocycles. The van der Waals surface area contributed by atoms with Crippen molar-refractivity contribution in [1.29, 1.82) is 0 Å². The summed E-state index contributed by atoms with van der Waals surface area (Å²) in [6, 6.07) is 32.5. The molecule has 1 aliphatic carbocycles. The summed E-state index contributed by atoms with van der Waals surface area (Å²) in [7, 11) is 0. The van der Waals surface area contributed by atoms with Crippen LogP contribution in [0.15, 0.2) is 91.0 Å². The first kappa shape index (κ1) is 16.1. The highest BCUT2D eigenvalue weighted by Gasteiger charge is 2.54. The Morgan fingerprint density at radius 3 is 2.37 bits per heavy atom. The molecule has 0 amide bonds. The summed E-state index contributed by atoms with van der Waals surface area (Å²) in [5, 5.41) is 0. The minimum Gasteiger partial charge on any atom is -0.326 e. The number of fused-ring (bicyclic) bond motifs is 12. The Hall–Kier alpha value is -3.69. The lowest BCUT2D eigenvalue weighted by Gasteiger charge is -2.27. The van der Waals surface area contributed by atoms with Crippen molar-refractivity contribution >= 4 is 11.0 Å². The molecule has 1 atom stereocenters. The molecule has 5 aromatic rings. The molecule has 0 bridgehead atoms. The van der Waals surface area contributed by atoms with Gasteiger partial charge >= 0.3 is 0 Å². The highest BCUT2D eigenvalue weighted by Crippen LogP contribution is 2.60. The van der Waals surface area contributed by atoms with Gasteiger partial charge in [-0.3, -0.25) is 4.57 Å². The molecule has 2 heterocycles. The van der Waals surface area contributed by atoms with Crippen molar-refractivity contribution in [3.63, 3.8) is 0 Å². The molecule has 0 radical (unpaired) electrons. The standard InChI is InChI=1S/C27H19N3/c28-16-17-8-7-12-21-25(17)18-9-1-2-10-19(18)27(21)20-11-3-5-14-23(20)30-24-15-6-4-13-22(24)29-26(27)30/h1-15H,16,28H2. The van der Waals surface area contributed by atoms with Gasteiger partial charge in [0.25, 0.3) is 0 Å². The van der Waals surface area contributed by atoms with Crippen molar-refractivity contribution in [3.05, 3.63) is 119 Å². The third kappa shape index (κ3) is 1.66. The smallest absolute Gasteiger partial charge is 0.134 e. The van der Waals surface area contributed by atoms with Crippen LogP contribution in [-0.2, 0) is 12.0 Å². The minimum atomic E-state index is -0.424. The maximum atomic E-state index is 6.20. The SMILES string of the molecule is NCc1cccc2c1-c1ccccc1C21c2ccccc2-n2c1nc1ccccc12. The van der Waals surface area contributed by atoms with Gasteiger partial charge in [-0.1, -0.05) is 72.8 Å². The van der Waals surface area contributed by atoms with Gasteiger partial charge < -0.3 is 5.73 Å². The Morgan fingerprint density at radius 1 is 0.733 bits per heavy atom. The Labute approximate surface area is 174 Å². The van der Waals surface area contributed by atoms with E-state index in [1.54, 1.807) is 0 Å². The topological polar surface area (TPSA) is 43.8 Å². The molecule has 1 aliphatic heterocycles. The van der Waals surface area contributed by atoms with Gasteiger partial charge in [-0.05, 0) is 51.6 Å². The summed E-state index contributed by atoms with van der Waals surface area (Å²) in [6.45, 7) is 0.519. The van der Waals surface area contributed by atoms with Gasteiger partial charge in [-0.2, -0.15) is 0 Å². The van der Waals surface area contributed by atoms with Gasteiger partial charge in [0, 0.05) is 6.54 Å². The third-order valence-corrected chi connectivity index (χ3v) is 6.82. The minimum absolute atomic E-state index is 0.424. The number of hydrogen-bond donors (Lipinski definition) is 1. The van der Waals surface area contributed by atoms with Crippen LogP contribution in [0.4, 0.5) is 0 Å². The van der Waals surface area contributed by atoms with Gasteiger partial charge in [0.15, 0.2) is 0 Å². The van der Waals surface area contributed by atoms with Gasteiger partial charge in [0.05, 0.1) is 16.7 Å². The largest absolute Gasteiger partial charge is 0.326 e. The normalized spacial score (nSPS) is 17.8. The van der Waals surface area contributed by atoms with Gasteiger partial charge in [-0.15, -0.1) is 0 Å². The average molecular weight is 385 g/mol. The molecule has 2 aliphatic rings. The number of benzene rings is 4. The Kier molecular flexibility index (Phi) is 2.94. The van der Waals surface area contributed by atoms with Crippen LogP contribution in [0.3, 0.4) is 0 Å². The van der Waals surface area contributed by atoms with E-state index in [4.69, 9.17) is 10.7 Å². The van der Waals surface area contributed by atoms with Crippen LogP contribution in [0.5, 0.6) is 0 Å². The molecule has 3 heteroatoms. The zero-order valence-corrected chi connectivity index (χ0v) is 16.3. The van der Waals surface area contributed by atoms with Crippen LogP contribution >= 0.6 is 0 Å². The first-order valence-electron chi connectivity index (χ1n) is 10.4. The highest BCUT2D eigenvalue weighted by atomic mass is 15.1. The fourth-order valence-electron chi connectivity index (χ4n) is 5.73. The fraction of sp³-hybridized carbons (Fsp3) is 0.0741. The molecule has 0 saturated carbocycles. The summed E-state index contributed by atoms with van der Waals surface area (Å²) in [5.74, 6) is 1.07. The second-order valence-electron chi connectivity index (χ2n) is 8.12. The van der Waals surface area contributed by atoms with E-state index in [2.05, 4.69) is 95.6 Å². The van der Waals surface area contributed by atoms with Crippen LogP contribution < -0.4 is 5.73 Å². The number of aromatic nitrogens is 2. The Balaban J connectivity index is 1.75. The van der Waals surface area contributed by atoms with Crippen molar-refractivity contribution in [1.82, 2.24) is 9.55 Å². The summed E-state index contributed by atoms with van der Waals surface area (Å²) in [6.07, 6.45) is 0. The number of imidazole rings is 1. The first-order chi connectivity index (χ1) is 14.9. The lowest BCUT2D eigenvalue weighted by atomic mass is 9.73. The van der Waals surface area contributed by atoms with Crippen LogP contribution in [0.25, 0.3) is 27.8 Å². The molecular weight excluding hydrogens is 366 g/mol. The summed E-state index contributed by atoms with van der Waals surface area (Å²) in [4.78, 5) is 5.23. The number of nitrogens with zero attached hydrogens (tertiary/aromatic N) is 2. The van der Waals surface area contributed by atoms with E-state index < -0.39 is 5.41 Å². The number of rotatable bonds is 1. The van der Waals surface area contributed by atoms with Gasteiger partial charge in [0.1, 0.15) is 11.2 Å². The van der Waals surface area contributed by atoms with Gasteiger partial charge in [0.2, 0.25) is 0 Å². The van der Waals surface area contributed by atoms with Crippen LogP contribution in [0.1, 0.15) is 28.1 Å². The van der Waals surface area contributed by atoms with E-state index in [1.807, 2.05) is 0 Å².